The molecule has 0 aromatic heterocycles. The zero-order chi connectivity index (χ0) is 10.4. The Kier molecular flexibility index (Phi) is 2.31. The Morgan fingerprint density at radius 2 is 1.64 bits per heavy atom. The molecule has 0 aromatic carbocycles. The molecule has 82 valence electrons. The maximum atomic E-state index is 12.9. The minimum absolute atomic E-state index is 0.0350. The van der Waals surface area contributed by atoms with Gasteiger partial charge in [-0.05, 0) is 31.6 Å². The van der Waals surface area contributed by atoms with Gasteiger partial charge < -0.3 is 10.8 Å². The summed E-state index contributed by atoms with van der Waals surface area (Å²) in [6, 6.07) is 0. The Hall–Kier alpha value is -0.220. The Morgan fingerprint density at radius 1 is 1.14 bits per heavy atom. The highest BCUT2D eigenvalue weighted by Crippen LogP contribution is 2.46. The van der Waals surface area contributed by atoms with E-state index in [1.165, 1.54) is 0 Å². The molecular formula is C10H17F2NO. The van der Waals surface area contributed by atoms with Crippen LogP contribution in [0.5, 0.6) is 0 Å². The molecule has 0 aromatic rings. The van der Waals surface area contributed by atoms with E-state index < -0.39 is 5.92 Å². The predicted molar refractivity (Wildman–Crippen MR) is 49.1 cm³/mol. The van der Waals surface area contributed by atoms with Crippen LogP contribution >= 0.6 is 0 Å². The van der Waals surface area contributed by atoms with Gasteiger partial charge in [0.1, 0.15) is 0 Å². The lowest BCUT2D eigenvalue weighted by Crippen LogP contribution is -2.60. The van der Waals surface area contributed by atoms with Crippen LogP contribution in [0.25, 0.3) is 0 Å². The molecule has 4 heteroatoms. The van der Waals surface area contributed by atoms with Gasteiger partial charge in [-0.15, -0.1) is 0 Å². The molecule has 2 aliphatic rings. The number of aliphatic hydroxyl groups excluding tert-OH is 1. The Morgan fingerprint density at radius 3 is 2.07 bits per heavy atom. The summed E-state index contributed by atoms with van der Waals surface area (Å²) in [4.78, 5) is 0. The van der Waals surface area contributed by atoms with E-state index in [9.17, 15) is 13.9 Å². The second-order valence-corrected chi connectivity index (χ2v) is 4.93. The normalized spacial score (nSPS) is 43.3. The molecule has 0 atom stereocenters. The Labute approximate surface area is 82.5 Å². The average molecular weight is 205 g/mol. The van der Waals surface area contributed by atoms with E-state index in [0.29, 0.717) is 25.7 Å². The van der Waals surface area contributed by atoms with Crippen LogP contribution < -0.4 is 5.73 Å². The molecule has 0 spiro atoms. The number of halogens is 2. The zero-order valence-electron chi connectivity index (χ0n) is 8.18. The van der Waals surface area contributed by atoms with Gasteiger partial charge in [-0.3, -0.25) is 0 Å². The lowest BCUT2D eigenvalue weighted by Gasteiger charge is -2.49. The fourth-order valence-corrected chi connectivity index (χ4v) is 2.77. The Bertz CT molecular complexity index is 216. The quantitative estimate of drug-likeness (QED) is 0.684. The van der Waals surface area contributed by atoms with E-state index in [-0.39, 0.29) is 30.4 Å². The van der Waals surface area contributed by atoms with Crippen LogP contribution in [-0.4, -0.2) is 22.7 Å². The van der Waals surface area contributed by atoms with Gasteiger partial charge in [-0.1, -0.05) is 0 Å². The highest BCUT2D eigenvalue weighted by atomic mass is 19.3. The van der Waals surface area contributed by atoms with Crippen molar-refractivity contribution in [3.05, 3.63) is 0 Å². The summed E-state index contributed by atoms with van der Waals surface area (Å²) in [6.45, 7) is 0. The fourth-order valence-electron chi connectivity index (χ4n) is 2.77. The highest BCUT2D eigenvalue weighted by Gasteiger charge is 2.49. The van der Waals surface area contributed by atoms with E-state index in [2.05, 4.69) is 0 Å². The molecule has 2 rings (SSSR count). The number of hydrogen-bond donors (Lipinski definition) is 2. The van der Waals surface area contributed by atoms with Crippen LogP contribution in [0, 0.1) is 5.92 Å². The first kappa shape index (κ1) is 10.3. The molecule has 0 radical (unpaired) electrons. The first-order valence-corrected chi connectivity index (χ1v) is 5.26. The van der Waals surface area contributed by atoms with E-state index in [1.807, 2.05) is 0 Å². The van der Waals surface area contributed by atoms with E-state index in [4.69, 9.17) is 5.73 Å². The molecule has 3 N–H and O–H groups in total. The van der Waals surface area contributed by atoms with Gasteiger partial charge in [0.15, 0.2) is 0 Å². The second kappa shape index (κ2) is 3.14. The maximum absolute atomic E-state index is 12.9. The molecule has 0 saturated heterocycles. The standard InChI is InChI=1S/C10H17F2NO/c11-10(12)3-1-7(2-4-10)9(13)5-8(14)6-9/h7-8,14H,1-6,13H2. The van der Waals surface area contributed by atoms with Crippen molar-refractivity contribution in [1.82, 2.24) is 0 Å². The summed E-state index contributed by atoms with van der Waals surface area (Å²) in [5.41, 5.74) is 5.70. The summed E-state index contributed by atoms with van der Waals surface area (Å²) in [7, 11) is 0. The minimum Gasteiger partial charge on any atom is -0.393 e. The van der Waals surface area contributed by atoms with Crippen molar-refractivity contribution in [2.75, 3.05) is 0 Å². The molecule has 2 saturated carbocycles. The summed E-state index contributed by atoms with van der Waals surface area (Å²) < 4.78 is 25.7. The fraction of sp³-hybridized carbons (Fsp3) is 1.00. The van der Waals surface area contributed by atoms with Gasteiger partial charge in [-0.2, -0.15) is 0 Å². The van der Waals surface area contributed by atoms with Crippen molar-refractivity contribution in [2.45, 2.75) is 56.1 Å². The van der Waals surface area contributed by atoms with Gasteiger partial charge in [0.05, 0.1) is 6.10 Å². The number of hydrogen-bond acceptors (Lipinski definition) is 2. The predicted octanol–water partition coefficient (Wildman–Crippen LogP) is 1.66. The topological polar surface area (TPSA) is 46.2 Å². The smallest absolute Gasteiger partial charge is 0.248 e. The van der Waals surface area contributed by atoms with Crippen molar-refractivity contribution in [3.8, 4) is 0 Å². The second-order valence-electron chi connectivity index (χ2n) is 4.93. The molecular weight excluding hydrogens is 188 g/mol. The van der Waals surface area contributed by atoms with Gasteiger partial charge in [0.25, 0.3) is 0 Å². The third-order valence-electron chi connectivity index (χ3n) is 3.76. The van der Waals surface area contributed by atoms with Crippen molar-refractivity contribution in [3.63, 3.8) is 0 Å². The average Bonchev–Trinajstić information content (AvgIpc) is 2.01. The first-order chi connectivity index (χ1) is 6.41. The molecule has 2 nitrogen and oxygen atoms in total. The molecule has 2 aliphatic carbocycles. The lowest BCUT2D eigenvalue weighted by molar-refractivity contribution is -0.0785. The molecule has 0 aliphatic heterocycles. The van der Waals surface area contributed by atoms with Crippen molar-refractivity contribution >= 4 is 0 Å². The molecule has 14 heavy (non-hydrogen) atoms. The van der Waals surface area contributed by atoms with Gasteiger partial charge in [0.2, 0.25) is 5.92 Å². The third kappa shape index (κ3) is 1.77. The van der Waals surface area contributed by atoms with Crippen LogP contribution in [0.2, 0.25) is 0 Å². The SMILES string of the molecule is NC1(C2CCC(F)(F)CC2)CC(O)C1. The van der Waals surface area contributed by atoms with Crippen molar-refractivity contribution < 1.29 is 13.9 Å². The largest absolute Gasteiger partial charge is 0.393 e. The molecule has 0 bridgehead atoms. The minimum atomic E-state index is -2.48. The van der Waals surface area contributed by atoms with Crippen molar-refractivity contribution in [1.29, 1.82) is 0 Å². The number of nitrogens with two attached hydrogens (primary N) is 1. The van der Waals surface area contributed by atoms with E-state index >= 15 is 0 Å². The number of aliphatic hydroxyl groups is 1. The van der Waals surface area contributed by atoms with Gasteiger partial charge in [-0.25, -0.2) is 8.78 Å². The highest BCUT2D eigenvalue weighted by molar-refractivity contribution is 5.04. The molecule has 2 fully saturated rings. The van der Waals surface area contributed by atoms with E-state index in [1.54, 1.807) is 0 Å². The number of rotatable bonds is 1. The van der Waals surface area contributed by atoms with Gasteiger partial charge >= 0.3 is 0 Å². The number of alkyl halides is 2. The third-order valence-corrected chi connectivity index (χ3v) is 3.76. The van der Waals surface area contributed by atoms with E-state index in [0.717, 1.165) is 0 Å². The maximum Gasteiger partial charge on any atom is 0.248 e. The molecule has 0 heterocycles. The monoisotopic (exact) mass is 205 g/mol. The summed E-state index contributed by atoms with van der Waals surface area (Å²) in [5.74, 6) is -2.29. The van der Waals surface area contributed by atoms with Crippen LogP contribution in [0.1, 0.15) is 38.5 Å². The van der Waals surface area contributed by atoms with Crippen molar-refractivity contribution in [2.24, 2.45) is 11.7 Å². The zero-order valence-corrected chi connectivity index (χ0v) is 8.18. The lowest BCUT2D eigenvalue weighted by atomic mass is 9.62. The first-order valence-electron chi connectivity index (χ1n) is 5.26. The van der Waals surface area contributed by atoms with Crippen LogP contribution in [0.3, 0.4) is 0 Å². The molecule has 0 amide bonds. The van der Waals surface area contributed by atoms with Crippen LogP contribution in [0.15, 0.2) is 0 Å². The summed E-state index contributed by atoms with van der Waals surface area (Å²) >= 11 is 0. The van der Waals surface area contributed by atoms with Gasteiger partial charge in [0, 0.05) is 18.4 Å². The molecule has 0 unspecified atom stereocenters. The summed E-state index contributed by atoms with van der Waals surface area (Å²) in [5, 5.41) is 9.19. The summed E-state index contributed by atoms with van der Waals surface area (Å²) in [6.07, 6.45) is 1.82. The van der Waals surface area contributed by atoms with Crippen LogP contribution in [0.4, 0.5) is 8.78 Å². The van der Waals surface area contributed by atoms with Crippen LogP contribution in [-0.2, 0) is 0 Å². The Balaban J connectivity index is 1.90.